The van der Waals surface area contributed by atoms with Crippen LogP contribution in [0.5, 0.6) is 0 Å². The average Bonchev–Trinajstić information content (AvgIpc) is 3.67. The van der Waals surface area contributed by atoms with Crippen molar-refractivity contribution in [2.24, 2.45) is 7.05 Å². The van der Waals surface area contributed by atoms with Crippen LogP contribution < -0.4 is 5.32 Å². The molecule has 0 fully saturated rings. The highest BCUT2D eigenvalue weighted by Gasteiger charge is 2.23. The van der Waals surface area contributed by atoms with Crippen LogP contribution in [0.3, 0.4) is 0 Å². The molecule has 4 heterocycles. The van der Waals surface area contributed by atoms with E-state index >= 15 is 0 Å². The third-order valence-corrected chi connectivity index (χ3v) is 7.86. The minimum absolute atomic E-state index is 0.236. The van der Waals surface area contributed by atoms with E-state index in [1.165, 1.54) is 5.56 Å². The van der Waals surface area contributed by atoms with E-state index in [0.29, 0.717) is 24.2 Å². The fourth-order valence-electron chi connectivity index (χ4n) is 5.76. The maximum atomic E-state index is 12.4. The second-order valence-corrected chi connectivity index (χ2v) is 11.4. The van der Waals surface area contributed by atoms with E-state index < -0.39 is 18.9 Å². The number of carbonyl (C=O) groups is 1. The summed E-state index contributed by atoms with van der Waals surface area (Å²) in [4.78, 5) is 16.8. The van der Waals surface area contributed by atoms with Crippen molar-refractivity contribution in [3.05, 3.63) is 89.0 Å². The van der Waals surface area contributed by atoms with Gasteiger partial charge in [-0.1, -0.05) is 38.1 Å². The number of amides is 1. The van der Waals surface area contributed by atoms with Crippen molar-refractivity contribution >= 4 is 27.8 Å². The van der Waals surface area contributed by atoms with E-state index in [0.717, 1.165) is 50.2 Å². The summed E-state index contributed by atoms with van der Waals surface area (Å²) < 4.78 is 30.5. The smallest absolute Gasteiger partial charge is 0.255 e. The maximum Gasteiger partial charge on any atom is 0.255 e. The van der Waals surface area contributed by atoms with Gasteiger partial charge >= 0.3 is 0 Å². The highest BCUT2D eigenvalue weighted by atomic mass is 19.3. The van der Waals surface area contributed by atoms with Crippen molar-refractivity contribution in [2.45, 2.75) is 53.0 Å². The van der Waals surface area contributed by atoms with Gasteiger partial charge in [0.1, 0.15) is 0 Å². The van der Waals surface area contributed by atoms with Crippen LogP contribution in [0.15, 0.2) is 60.9 Å². The lowest BCUT2D eigenvalue weighted by atomic mass is 9.95. The van der Waals surface area contributed by atoms with Gasteiger partial charge in [0.15, 0.2) is 5.65 Å². The lowest BCUT2D eigenvalue weighted by Crippen LogP contribution is -2.28. The third kappa shape index (κ3) is 5.57. The number of nitrogens with one attached hydrogen (secondary N) is 1. The third-order valence-electron chi connectivity index (χ3n) is 7.86. The number of aromatic nitrogens is 7. The summed E-state index contributed by atoms with van der Waals surface area (Å²) in [6.07, 6.45) is 2.13. The van der Waals surface area contributed by atoms with Crippen molar-refractivity contribution in [3.63, 3.8) is 0 Å². The first-order valence-corrected chi connectivity index (χ1v) is 14.6. The summed E-state index contributed by atoms with van der Waals surface area (Å²) in [7, 11) is 1.89. The molecule has 0 radical (unpaired) electrons. The Morgan fingerprint density at radius 2 is 1.77 bits per heavy atom. The van der Waals surface area contributed by atoms with Gasteiger partial charge in [-0.25, -0.2) is 18.4 Å². The van der Waals surface area contributed by atoms with Gasteiger partial charge in [-0.2, -0.15) is 15.3 Å². The van der Waals surface area contributed by atoms with E-state index in [1.54, 1.807) is 16.8 Å². The van der Waals surface area contributed by atoms with Crippen molar-refractivity contribution in [2.75, 3.05) is 6.54 Å². The monoisotopic (exact) mass is 596 g/mol. The molecule has 0 unspecified atom stereocenters. The van der Waals surface area contributed by atoms with E-state index in [9.17, 15) is 13.6 Å². The molecule has 44 heavy (non-hydrogen) atoms. The highest BCUT2D eigenvalue weighted by Crippen LogP contribution is 2.36. The zero-order valence-corrected chi connectivity index (χ0v) is 25.3. The van der Waals surface area contributed by atoms with Crippen LogP contribution >= 0.6 is 0 Å². The molecule has 4 aromatic heterocycles. The molecule has 1 N–H and O–H groups in total. The minimum atomic E-state index is -2.58. The molecule has 226 valence electrons. The minimum Gasteiger partial charge on any atom is -0.346 e. The Hall–Kier alpha value is -4.93. The van der Waals surface area contributed by atoms with Crippen LogP contribution in [0.2, 0.25) is 0 Å². The average molecular weight is 597 g/mol. The fraction of sp³-hybridized carbons (Fsp3) is 0.303. The number of aryl methyl sites for hydroxylation is 4. The standard InChI is InChI=1S/C33H34F2N8O/c1-19(2)30-21(4)43(28-15-24-17-41(5)40-32(24)37-20(28)3)39-31(30)25-7-6-8-27-26(25)18-42(38-27)14-13-22-9-11-23(12-10-22)33(44)36-16-29(34)35/h6-12,15,17-19,29H,13-14,16H2,1-5H3,(H,36,44). The molecule has 0 aliphatic carbocycles. The van der Waals surface area contributed by atoms with Crippen LogP contribution in [0, 0.1) is 13.8 Å². The van der Waals surface area contributed by atoms with Crippen LogP contribution in [0.4, 0.5) is 8.78 Å². The molecule has 6 rings (SSSR count). The normalized spacial score (nSPS) is 11.8. The predicted octanol–water partition coefficient (Wildman–Crippen LogP) is 6.15. The number of halogens is 2. The molecule has 2 aromatic carbocycles. The molecular weight excluding hydrogens is 562 g/mol. The molecule has 0 saturated carbocycles. The lowest BCUT2D eigenvalue weighted by Gasteiger charge is -2.10. The molecule has 0 aliphatic heterocycles. The van der Waals surface area contributed by atoms with Gasteiger partial charge in [0, 0.05) is 59.1 Å². The number of pyridine rings is 1. The molecule has 1 amide bonds. The number of hydrogen-bond acceptors (Lipinski definition) is 5. The van der Waals surface area contributed by atoms with E-state index in [1.807, 2.05) is 53.8 Å². The van der Waals surface area contributed by atoms with Crippen molar-refractivity contribution in [1.82, 2.24) is 39.6 Å². The number of hydrogen-bond donors (Lipinski definition) is 1. The maximum absolute atomic E-state index is 12.4. The molecule has 0 bridgehead atoms. The first kappa shape index (κ1) is 29.2. The van der Waals surface area contributed by atoms with Crippen molar-refractivity contribution < 1.29 is 13.6 Å². The Balaban J connectivity index is 1.30. The van der Waals surface area contributed by atoms with E-state index in [2.05, 4.69) is 49.5 Å². The Morgan fingerprint density at radius 3 is 2.50 bits per heavy atom. The molecule has 0 aliphatic rings. The summed E-state index contributed by atoms with van der Waals surface area (Å²) in [6.45, 7) is 8.43. The van der Waals surface area contributed by atoms with E-state index in [4.69, 9.17) is 15.2 Å². The number of benzene rings is 2. The van der Waals surface area contributed by atoms with Gasteiger partial charge in [0.05, 0.1) is 29.1 Å². The van der Waals surface area contributed by atoms with E-state index in [-0.39, 0.29) is 5.92 Å². The Bertz CT molecular complexity index is 1990. The number of rotatable bonds is 9. The lowest BCUT2D eigenvalue weighted by molar-refractivity contribution is 0.0891. The topological polar surface area (TPSA) is 95.4 Å². The summed E-state index contributed by atoms with van der Waals surface area (Å²) in [5, 5.41) is 18.7. The predicted molar refractivity (Wildman–Crippen MR) is 166 cm³/mol. The summed E-state index contributed by atoms with van der Waals surface area (Å²) in [6, 6.07) is 15.2. The van der Waals surface area contributed by atoms with Gasteiger partial charge in [-0.15, -0.1) is 0 Å². The zero-order valence-electron chi connectivity index (χ0n) is 25.3. The van der Waals surface area contributed by atoms with Crippen molar-refractivity contribution in [3.8, 4) is 16.9 Å². The molecule has 0 saturated heterocycles. The number of alkyl halides is 2. The Kier molecular flexibility index (Phi) is 7.71. The second-order valence-electron chi connectivity index (χ2n) is 11.4. The molecule has 9 nitrogen and oxygen atoms in total. The molecule has 11 heteroatoms. The SMILES string of the molecule is Cc1nc2nn(C)cc2cc1-n1nc(-c2cccc3nn(CCc4ccc(C(=O)NCC(F)F)cc4)cc23)c(C(C)C)c1C. The molecule has 0 atom stereocenters. The van der Waals surface area contributed by atoms with Crippen LogP contribution in [-0.4, -0.2) is 53.2 Å². The number of fused-ring (bicyclic) bond motifs is 2. The van der Waals surface area contributed by atoms with Gasteiger partial charge < -0.3 is 5.32 Å². The van der Waals surface area contributed by atoms with Crippen LogP contribution in [0.1, 0.15) is 52.6 Å². The quantitative estimate of drug-likeness (QED) is 0.216. The largest absolute Gasteiger partial charge is 0.346 e. The van der Waals surface area contributed by atoms with Gasteiger partial charge in [0.25, 0.3) is 12.3 Å². The number of nitrogens with zero attached hydrogens (tertiary/aromatic N) is 7. The Labute approximate surface area is 253 Å². The van der Waals surface area contributed by atoms with Crippen molar-refractivity contribution in [1.29, 1.82) is 0 Å². The Morgan fingerprint density at radius 1 is 1.00 bits per heavy atom. The van der Waals surface area contributed by atoms with Crippen LogP contribution in [0.25, 0.3) is 38.9 Å². The summed E-state index contributed by atoms with van der Waals surface area (Å²) in [5.74, 6) is -0.273. The zero-order chi connectivity index (χ0) is 31.1. The first-order chi connectivity index (χ1) is 21.1. The summed E-state index contributed by atoms with van der Waals surface area (Å²) in [5.41, 5.74) is 8.93. The fourth-order valence-corrected chi connectivity index (χ4v) is 5.76. The molecule has 6 aromatic rings. The number of carbonyl (C=O) groups excluding carboxylic acids is 1. The van der Waals surface area contributed by atoms with Gasteiger partial charge in [-0.05, 0) is 56.0 Å². The van der Waals surface area contributed by atoms with Crippen LogP contribution in [-0.2, 0) is 20.0 Å². The van der Waals surface area contributed by atoms with Gasteiger partial charge in [0.2, 0.25) is 0 Å². The second kappa shape index (κ2) is 11.6. The molecular formula is C33H34F2N8O. The van der Waals surface area contributed by atoms with Gasteiger partial charge in [-0.3, -0.25) is 14.2 Å². The molecule has 0 spiro atoms. The summed E-state index contributed by atoms with van der Waals surface area (Å²) >= 11 is 0. The highest BCUT2D eigenvalue weighted by molar-refractivity contribution is 5.95. The first-order valence-electron chi connectivity index (χ1n) is 14.6.